The Hall–Kier alpha value is -2.22. The summed E-state index contributed by atoms with van der Waals surface area (Å²) in [5, 5.41) is 0. The molecule has 1 heterocycles. The van der Waals surface area contributed by atoms with Crippen molar-refractivity contribution >= 4 is 16.0 Å². The Morgan fingerprint density at radius 1 is 1.10 bits per heavy atom. The summed E-state index contributed by atoms with van der Waals surface area (Å²) < 4.78 is 37.6. The highest BCUT2D eigenvalue weighted by molar-refractivity contribution is 7.89. The fourth-order valence-electron chi connectivity index (χ4n) is 3.38. The van der Waals surface area contributed by atoms with Crippen molar-refractivity contribution in [3.05, 3.63) is 59.7 Å². The standard InChI is InChI=1S/C23H29NO5S/c1-3-18(2)21-6-4-5-7-22(21)29-23(25)13-10-19-8-11-20(12-9-19)30(26,27)24-14-16-28-17-15-24/h4-9,11-12,18H,3,10,13-17H2,1-2H3. The molecular formula is C23H29NO5S. The van der Waals surface area contributed by atoms with Crippen LogP contribution in [0.5, 0.6) is 5.75 Å². The van der Waals surface area contributed by atoms with Gasteiger partial charge in [-0.2, -0.15) is 4.31 Å². The van der Waals surface area contributed by atoms with Crippen LogP contribution >= 0.6 is 0 Å². The number of hydrogen-bond donors (Lipinski definition) is 0. The van der Waals surface area contributed by atoms with Gasteiger partial charge in [0.25, 0.3) is 0 Å². The van der Waals surface area contributed by atoms with Gasteiger partial charge in [-0.1, -0.05) is 44.2 Å². The molecule has 0 bridgehead atoms. The molecule has 6 nitrogen and oxygen atoms in total. The first-order valence-electron chi connectivity index (χ1n) is 10.4. The summed E-state index contributed by atoms with van der Waals surface area (Å²) in [6, 6.07) is 14.3. The number of ether oxygens (including phenoxy) is 2. The highest BCUT2D eigenvalue weighted by Crippen LogP contribution is 2.28. The fraction of sp³-hybridized carbons (Fsp3) is 0.435. The summed E-state index contributed by atoms with van der Waals surface area (Å²) in [5.74, 6) is 0.634. The van der Waals surface area contributed by atoms with Crippen molar-refractivity contribution in [3.63, 3.8) is 0 Å². The highest BCUT2D eigenvalue weighted by atomic mass is 32.2. The van der Waals surface area contributed by atoms with Gasteiger partial charge >= 0.3 is 5.97 Å². The molecule has 1 aliphatic rings. The van der Waals surface area contributed by atoms with Gasteiger partial charge in [-0.25, -0.2) is 8.42 Å². The summed E-state index contributed by atoms with van der Waals surface area (Å²) in [4.78, 5) is 12.6. The number of sulfonamides is 1. The molecule has 0 spiro atoms. The van der Waals surface area contributed by atoms with E-state index in [1.807, 2.05) is 24.3 Å². The van der Waals surface area contributed by atoms with Crippen LogP contribution in [0.1, 0.15) is 43.7 Å². The van der Waals surface area contributed by atoms with Crippen LogP contribution in [0.4, 0.5) is 0 Å². The molecule has 0 aliphatic carbocycles. The second kappa shape index (κ2) is 10.2. The van der Waals surface area contributed by atoms with Gasteiger partial charge in [0, 0.05) is 19.5 Å². The third kappa shape index (κ3) is 5.47. The van der Waals surface area contributed by atoms with Crippen LogP contribution in [-0.2, 0) is 26.0 Å². The third-order valence-electron chi connectivity index (χ3n) is 5.44. The molecule has 2 aromatic rings. The van der Waals surface area contributed by atoms with Gasteiger partial charge in [-0.15, -0.1) is 0 Å². The van der Waals surface area contributed by atoms with E-state index in [2.05, 4.69) is 13.8 Å². The Morgan fingerprint density at radius 2 is 1.77 bits per heavy atom. The van der Waals surface area contributed by atoms with Crippen molar-refractivity contribution in [2.75, 3.05) is 26.3 Å². The van der Waals surface area contributed by atoms with E-state index in [4.69, 9.17) is 9.47 Å². The molecular weight excluding hydrogens is 402 g/mol. The van der Waals surface area contributed by atoms with E-state index in [9.17, 15) is 13.2 Å². The number of rotatable bonds is 8. The summed E-state index contributed by atoms with van der Waals surface area (Å²) in [5.41, 5.74) is 1.93. The maximum atomic E-state index is 12.7. The van der Waals surface area contributed by atoms with Crippen molar-refractivity contribution in [2.24, 2.45) is 0 Å². The molecule has 1 aliphatic heterocycles. The van der Waals surface area contributed by atoms with Crippen LogP contribution < -0.4 is 4.74 Å². The maximum Gasteiger partial charge on any atom is 0.311 e. The largest absolute Gasteiger partial charge is 0.426 e. The zero-order valence-corrected chi connectivity index (χ0v) is 18.4. The van der Waals surface area contributed by atoms with E-state index < -0.39 is 10.0 Å². The second-order valence-corrected chi connectivity index (χ2v) is 9.42. The predicted molar refractivity (Wildman–Crippen MR) is 115 cm³/mol. The summed E-state index contributed by atoms with van der Waals surface area (Å²) >= 11 is 0. The number of morpholine rings is 1. The minimum absolute atomic E-state index is 0.227. The first-order valence-corrected chi connectivity index (χ1v) is 11.8. The van der Waals surface area contributed by atoms with Crippen LogP contribution in [-0.4, -0.2) is 45.0 Å². The molecule has 3 rings (SSSR count). The third-order valence-corrected chi connectivity index (χ3v) is 7.35. The molecule has 7 heteroatoms. The molecule has 1 atom stereocenters. The Morgan fingerprint density at radius 3 is 2.43 bits per heavy atom. The van der Waals surface area contributed by atoms with E-state index in [1.165, 1.54) is 4.31 Å². The van der Waals surface area contributed by atoms with Crippen molar-refractivity contribution in [1.29, 1.82) is 0 Å². The second-order valence-electron chi connectivity index (χ2n) is 7.48. The van der Waals surface area contributed by atoms with Gasteiger partial charge in [-0.05, 0) is 48.1 Å². The van der Waals surface area contributed by atoms with Gasteiger partial charge in [0.1, 0.15) is 5.75 Å². The monoisotopic (exact) mass is 431 g/mol. The molecule has 0 amide bonds. The predicted octanol–water partition coefficient (Wildman–Crippen LogP) is 3.76. The number of nitrogens with zero attached hydrogens (tertiary/aromatic N) is 1. The Bertz CT molecular complexity index is 950. The van der Waals surface area contributed by atoms with Gasteiger partial charge in [0.05, 0.1) is 18.1 Å². The number of carbonyl (C=O) groups is 1. The summed E-state index contributed by atoms with van der Waals surface area (Å²) in [6.07, 6.45) is 1.68. The van der Waals surface area contributed by atoms with E-state index in [0.717, 1.165) is 17.5 Å². The highest BCUT2D eigenvalue weighted by Gasteiger charge is 2.26. The quantitative estimate of drug-likeness (QED) is 0.470. The lowest BCUT2D eigenvalue weighted by atomic mass is 9.98. The SMILES string of the molecule is CCC(C)c1ccccc1OC(=O)CCc1ccc(S(=O)(=O)N2CCOCC2)cc1. The van der Waals surface area contributed by atoms with Gasteiger partial charge in [-0.3, -0.25) is 4.79 Å². The molecule has 30 heavy (non-hydrogen) atoms. The van der Waals surface area contributed by atoms with Crippen molar-refractivity contribution < 1.29 is 22.7 Å². The van der Waals surface area contributed by atoms with Crippen LogP contribution in [0.2, 0.25) is 0 Å². The lowest BCUT2D eigenvalue weighted by molar-refractivity contribution is -0.134. The first-order chi connectivity index (χ1) is 14.4. The first kappa shape index (κ1) is 22.5. The number of aryl methyl sites for hydroxylation is 1. The molecule has 1 saturated heterocycles. The zero-order chi connectivity index (χ0) is 21.6. The van der Waals surface area contributed by atoms with E-state index >= 15 is 0 Å². The molecule has 0 saturated carbocycles. The van der Waals surface area contributed by atoms with E-state index in [1.54, 1.807) is 24.3 Å². The normalized spacial score (nSPS) is 16.2. The van der Waals surface area contributed by atoms with Crippen LogP contribution in [0, 0.1) is 0 Å². The molecule has 0 radical (unpaired) electrons. The van der Waals surface area contributed by atoms with Crippen LogP contribution in [0.25, 0.3) is 0 Å². The lowest BCUT2D eigenvalue weighted by Crippen LogP contribution is -2.40. The minimum Gasteiger partial charge on any atom is -0.426 e. The molecule has 1 unspecified atom stereocenters. The molecule has 2 aromatic carbocycles. The van der Waals surface area contributed by atoms with Gasteiger partial charge in [0.15, 0.2) is 0 Å². The summed E-state index contributed by atoms with van der Waals surface area (Å²) in [6.45, 7) is 5.78. The molecule has 0 aromatic heterocycles. The van der Waals surface area contributed by atoms with Gasteiger partial charge < -0.3 is 9.47 Å². The minimum atomic E-state index is -3.50. The fourth-order valence-corrected chi connectivity index (χ4v) is 4.79. The van der Waals surface area contributed by atoms with Crippen molar-refractivity contribution in [2.45, 2.75) is 43.9 Å². The smallest absolute Gasteiger partial charge is 0.311 e. The van der Waals surface area contributed by atoms with Crippen LogP contribution in [0.3, 0.4) is 0 Å². The Balaban J connectivity index is 1.58. The van der Waals surface area contributed by atoms with E-state index in [0.29, 0.717) is 44.4 Å². The Kier molecular flexibility index (Phi) is 7.64. The molecule has 0 N–H and O–H groups in total. The van der Waals surface area contributed by atoms with E-state index in [-0.39, 0.29) is 17.3 Å². The average molecular weight is 432 g/mol. The van der Waals surface area contributed by atoms with Crippen molar-refractivity contribution in [3.8, 4) is 5.75 Å². The lowest BCUT2D eigenvalue weighted by Gasteiger charge is -2.26. The van der Waals surface area contributed by atoms with Crippen molar-refractivity contribution in [1.82, 2.24) is 4.31 Å². The number of benzene rings is 2. The van der Waals surface area contributed by atoms with Crippen LogP contribution in [0.15, 0.2) is 53.4 Å². The Labute approximate surface area is 178 Å². The number of esters is 1. The zero-order valence-electron chi connectivity index (χ0n) is 17.5. The van der Waals surface area contributed by atoms with Gasteiger partial charge in [0.2, 0.25) is 10.0 Å². The number of para-hydroxylation sites is 1. The molecule has 1 fully saturated rings. The number of carbonyl (C=O) groups excluding carboxylic acids is 1. The average Bonchev–Trinajstić information content (AvgIpc) is 2.78. The molecule has 162 valence electrons. The topological polar surface area (TPSA) is 72.9 Å². The maximum absolute atomic E-state index is 12.7. The number of hydrogen-bond acceptors (Lipinski definition) is 5. The summed E-state index contributed by atoms with van der Waals surface area (Å²) in [7, 11) is -3.50.